The number of nitrogens with one attached hydrogen (secondary N) is 3. The number of rotatable bonds is 4. The molecule has 0 spiro atoms. The third kappa shape index (κ3) is 3.06. The second kappa shape index (κ2) is 6.91. The Balaban J connectivity index is 1.27. The van der Waals surface area contributed by atoms with E-state index in [4.69, 9.17) is 4.42 Å². The zero-order chi connectivity index (χ0) is 19.9. The van der Waals surface area contributed by atoms with E-state index in [1.165, 1.54) is 5.39 Å². The largest absolute Gasteiger partial charge is 0.457 e. The van der Waals surface area contributed by atoms with Gasteiger partial charge in [0.1, 0.15) is 23.0 Å². The topological polar surface area (TPSA) is 77.7 Å². The number of aromatic nitrogens is 1. The van der Waals surface area contributed by atoms with E-state index in [0.717, 1.165) is 76.9 Å². The molecule has 4 heterocycles. The summed E-state index contributed by atoms with van der Waals surface area (Å²) in [5, 5.41) is 8.89. The average molecular weight is 395 g/mol. The van der Waals surface area contributed by atoms with Crippen LogP contribution in [0.4, 0.5) is 0 Å². The summed E-state index contributed by atoms with van der Waals surface area (Å²) >= 11 is 0. The number of benzene rings is 2. The second-order valence-corrected chi connectivity index (χ2v) is 7.58. The predicted molar refractivity (Wildman–Crippen MR) is 122 cm³/mol. The molecule has 0 atom stereocenters. The second-order valence-electron chi connectivity index (χ2n) is 7.58. The summed E-state index contributed by atoms with van der Waals surface area (Å²) in [6.07, 6.45) is 4.05. The number of hydrogen-bond acceptors (Lipinski definition) is 5. The number of nitrogens with zero attached hydrogens (tertiary/aromatic N) is 2. The molecule has 4 aromatic rings. The van der Waals surface area contributed by atoms with Gasteiger partial charge in [-0.25, -0.2) is 0 Å². The van der Waals surface area contributed by atoms with E-state index in [2.05, 4.69) is 68.1 Å². The molecular formula is C24H21N5O. The van der Waals surface area contributed by atoms with Crippen LogP contribution in [0.15, 0.2) is 62.9 Å². The van der Waals surface area contributed by atoms with Crippen molar-refractivity contribution in [3.8, 4) is 0 Å². The summed E-state index contributed by atoms with van der Waals surface area (Å²) in [6, 6.07) is 16.8. The summed E-state index contributed by atoms with van der Waals surface area (Å²) in [5.41, 5.74) is 5.19. The van der Waals surface area contributed by atoms with Crippen LogP contribution in [0.1, 0.15) is 22.6 Å². The Morgan fingerprint density at radius 2 is 1.50 bits per heavy atom. The fourth-order valence-corrected chi connectivity index (χ4v) is 4.02. The van der Waals surface area contributed by atoms with Crippen molar-refractivity contribution in [1.29, 1.82) is 0 Å². The van der Waals surface area contributed by atoms with Crippen LogP contribution in [0.25, 0.3) is 34.0 Å². The standard InChI is InChI=1S/C24H21N5O/c1-3-17(23-25-7-8-26-23)13-21-15(1)11-19(29-21)5-6-20-12-16-2-4-18(14-22(16)30-20)24-27-9-10-28-24/h1-6,11-14,29H,7-10H2,(H,25,26)(H,27,28)/b6-5+. The van der Waals surface area contributed by atoms with Gasteiger partial charge in [0.05, 0.1) is 13.1 Å². The van der Waals surface area contributed by atoms with Crippen LogP contribution in [0, 0.1) is 0 Å². The lowest BCUT2D eigenvalue weighted by molar-refractivity contribution is 0.604. The van der Waals surface area contributed by atoms with Gasteiger partial charge in [0.15, 0.2) is 0 Å². The first-order chi connectivity index (χ1) is 14.8. The molecule has 0 unspecified atom stereocenters. The highest BCUT2D eigenvalue weighted by molar-refractivity contribution is 6.03. The van der Waals surface area contributed by atoms with Crippen molar-refractivity contribution >= 4 is 45.7 Å². The normalized spacial score (nSPS) is 16.3. The molecule has 2 aliphatic rings. The Labute approximate surface area is 173 Å². The van der Waals surface area contributed by atoms with Crippen molar-refractivity contribution in [3.05, 3.63) is 71.1 Å². The molecule has 3 N–H and O–H groups in total. The Morgan fingerprint density at radius 3 is 2.23 bits per heavy atom. The summed E-state index contributed by atoms with van der Waals surface area (Å²) < 4.78 is 6.04. The Hall–Kier alpha value is -3.80. The first-order valence-electron chi connectivity index (χ1n) is 10.2. The van der Waals surface area contributed by atoms with Gasteiger partial charge in [-0.1, -0.05) is 24.3 Å². The molecule has 0 radical (unpaired) electrons. The molecule has 148 valence electrons. The Morgan fingerprint density at radius 1 is 0.767 bits per heavy atom. The van der Waals surface area contributed by atoms with E-state index in [-0.39, 0.29) is 0 Å². The molecular weight excluding hydrogens is 374 g/mol. The van der Waals surface area contributed by atoms with Crippen LogP contribution in [0.2, 0.25) is 0 Å². The molecule has 30 heavy (non-hydrogen) atoms. The zero-order valence-electron chi connectivity index (χ0n) is 16.4. The molecule has 0 aliphatic carbocycles. The van der Waals surface area contributed by atoms with Crippen LogP contribution in [-0.2, 0) is 0 Å². The zero-order valence-corrected chi connectivity index (χ0v) is 16.4. The highest BCUT2D eigenvalue weighted by Gasteiger charge is 2.11. The molecule has 6 nitrogen and oxygen atoms in total. The van der Waals surface area contributed by atoms with E-state index in [9.17, 15) is 0 Å². The molecule has 0 saturated heterocycles. The molecule has 0 saturated carbocycles. The summed E-state index contributed by atoms with van der Waals surface area (Å²) in [4.78, 5) is 12.5. The van der Waals surface area contributed by atoms with Crippen LogP contribution < -0.4 is 10.6 Å². The molecule has 2 aromatic carbocycles. The van der Waals surface area contributed by atoms with Gasteiger partial charge in [-0.3, -0.25) is 9.98 Å². The molecule has 0 fully saturated rings. The SMILES string of the molecule is C(=C\c1cc2ccc(C3=NCCN3)cc2o1)/c1cc2ccc(C3=NCCN3)cc2[nH]1. The number of furan rings is 1. The lowest BCUT2D eigenvalue weighted by atomic mass is 10.1. The molecule has 0 amide bonds. The first-order valence-corrected chi connectivity index (χ1v) is 10.2. The summed E-state index contributed by atoms with van der Waals surface area (Å²) in [5.74, 6) is 2.75. The third-order valence-corrected chi connectivity index (χ3v) is 5.50. The van der Waals surface area contributed by atoms with E-state index >= 15 is 0 Å². The Kier molecular flexibility index (Phi) is 3.94. The van der Waals surface area contributed by atoms with Crippen LogP contribution in [0.5, 0.6) is 0 Å². The van der Waals surface area contributed by atoms with Gasteiger partial charge in [-0.15, -0.1) is 0 Å². The number of H-pyrrole nitrogens is 1. The van der Waals surface area contributed by atoms with E-state index in [1.54, 1.807) is 0 Å². The minimum Gasteiger partial charge on any atom is -0.457 e. The van der Waals surface area contributed by atoms with Gasteiger partial charge in [0.2, 0.25) is 0 Å². The molecule has 6 rings (SSSR count). The molecule has 2 aromatic heterocycles. The number of aromatic amines is 1. The van der Waals surface area contributed by atoms with E-state index < -0.39 is 0 Å². The maximum Gasteiger partial charge on any atom is 0.135 e. The van der Waals surface area contributed by atoms with Crippen molar-refractivity contribution in [2.75, 3.05) is 26.2 Å². The molecule has 2 aliphatic heterocycles. The van der Waals surface area contributed by atoms with E-state index in [1.807, 2.05) is 18.2 Å². The maximum absolute atomic E-state index is 6.04. The van der Waals surface area contributed by atoms with Crippen molar-refractivity contribution in [2.24, 2.45) is 9.98 Å². The Bertz CT molecular complexity index is 1250. The van der Waals surface area contributed by atoms with Gasteiger partial charge >= 0.3 is 0 Å². The van der Waals surface area contributed by atoms with Gasteiger partial charge in [-0.05, 0) is 36.4 Å². The van der Waals surface area contributed by atoms with Crippen molar-refractivity contribution in [1.82, 2.24) is 15.6 Å². The summed E-state index contributed by atoms with van der Waals surface area (Å²) in [7, 11) is 0. The van der Waals surface area contributed by atoms with Crippen molar-refractivity contribution < 1.29 is 4.42 Å². The number of aliphatic imine (C=N–C) groups is 2. The lowest BCUT2D eigenvalue weighted by Gasteiger charge is -2.01. The fraction of sp³-hybridized carbons (Fsp3) is 0.167. The number of amidine groups is 2. The smallest absolute Gasteiger partial charge is 0.135 e. The summed E-state index contributed by atoms with van der Waals surface area (Å²) in [6.45, 7) is 3.48. The highest BCUT2D eigenvalue weighted by Crippen LogP contribution is 2.24. The van der Waals surface area contributed by atoms with Gasteiger partial charge in [0, 0.05) is 46.2 Å². The van der Waals surface area contributed by atoms with Crippen LogP contribution in [-0.4, -0.2) is 42.8 Å². The fourth-order valence-electron chi connectivity index (χ4n) is 4.02. The number of fused-ring (bicyclic) bond motifs is 2. The van der Waals surface area contributed by atoms with E-state index in [0.29, 0.717) is 0 Å². The quantitative estimate of drug-likeness (QED) is 0.492. The van der Waals surface area contributed by atoms with Crippen molar-refractivity contribution in [2.45, 2.75) is 0 Å². The van der Waals surface area contributed by atoms with Crippen LogP contribution >= 0.6 is 0 Å². The molecule has 6 heteroatoms. The maximum atomic E-state index is 6.04. The van der Waals surface area contributed by atoms with Crippen LogP contribution in [0.3, 0.4) is 0 Å². The van der Waals surface area contributed by atoms with Gasteiger partial charge in [0.25, 0.3) is 0 Å². The lowest BCUT2D eigenvalue weighted by Crippen LogP contribution is -2.19. The molecule has 0 bridgehead atoms. The average Bonchev–Trinajstić information content (AvgIpc) is 3.56. The first kappa shape index (κ1) is 17.1. The minimum atomic E-state index is 0.826. The highest BCUT2D eigenvalue weighted by atomic mass is 16.3. The number of hydrogen-bond donors (Lipinski definition) is 3. The minimum absolute atomic E-state index is 0.826. The van der Waals surface area contributed by atoms with Gasteiger partial charge in [-0.2, -0.15) is 0 Å². The third-order valence-electron chi connectivity index (χ3n) is 5.50. The van der Waals surface area contributed by atoms with Crippen molar-refractivity contribution in [3.63, 3.8) is 0 Å². The predicted octanol–water partition coefficient (Wildman–Crippen LogP) is 3.78. The van der Waals surface area contributed by atoms with Gasteiger partial charge < -0.3 is 20.0 Å². The monoisotopic (exact) mass is 395 g/mol.